The number of amides is 1. The molecule has 164 valence electrons. The van der Waals surface area contributed by atoms with Gasteiger partial charge in [0.15, 0.2) is 0 Å². The first-order chi connectivity index (χ1) is 14.1. The molecule has 0 aromatic heterocycles. The van der Waals surface area contributed by atoms with Crippen LogP contribution in [-0.4, -0.2) is 45.4 Å². The first-order valence-electron chi connectivity index (χ1n) is 9.22. The van der Waals surface area contributed by atoms with Crippen LogP contribution in [0.5, 0.6) is 5.75 Å². The molecule has 0 aliphatic heterocycles. The monoisotopic (exact) mass is 457 g/mol. The highest BCUT2D eigenvalue weighted by Gasteiger charge is 2.31. The third kappa shape index (κ3) is 6.42. The summed E-state index contributed by atoms with van der Waals surface area (Å²) in [6, 6.07) is 10.7. The highest BCUT2D eigenvalue weighted by molar-refractivity contribution is 7.87. The Morgan fingerprint density at radius 3 is 2.23 bits per heavy atom. The predicted octanol–water partition coefficient (Wildman–Crippen LogP) is 3.83. The van der Waals surface area contributed by atoms with Gasteiger partial charge < -0.3 is 13.8 Å². The number of carbonyl (C=O) groups is 1. The summed E-state index contributed by atoms with van der Waals surface area (Å²) in [6.07, 6.45) is 0. The van der Waals surface area contributed by atoms with Gasteiger partial charge in [-0.3, -0.25) is 4.79 Å². The van der Waals surface area contributed by atoms with E-state index in [1.165, 1.54) is 12.1 Å². The van der Waals surface area contributed by atoms with Crippen LogP contribution >= 0.6 is 11.6 Å². The maximum Gasteiger partial charge on any atom is 0.339 e. The minimum Gasteiger partial charge on any atom is -0.383 e. The Balaban J connectivity index is 2.13. The molecule has 0 unspecified atom stereocenters. The summed E-state index contributed by atoms with van der Waals surface area (Å²) in [6.45, 7) is 4.64. The summed E-state index contributed by atoms with van der Waals surface area (Å²) in [5.74, 6) is -0.348. The Kier molecular flexibility index (Phi) is 8.23. The normalized spacial score (nSPS) is 11.9. The van der Waals surface area contributed by atoms with Crippen LogP contribution in [0.2, 0.25) is 0 Å². The van der Waals surface area contributed by atoms with Crippen molar-refractivity contribution >= 4 is 27.6 Å². The molecule has 9 heteroatoms. The van der Waals surface area contributed by atoms with Crippen molar-refractivity contribution in [1.29, 1.82) is 0 Å². The van der Waals surface area contributed by atoms with E-state index >= 15 is 0 Å². The number of hydrogen-bond donors (Lipinski definition) is 0. The van der Waals surface area contributed by atoms with Gasteiger partial charge in [-0.1, -0.05) is 12.1 Å². The second kappa shape index (κ2) is 10.2. The number of hydrogen-bond acceptors (Lipinski definition) is 5. The minimum absolute atomic E-state index is 0.103. The van der Waals surface area contributed by atoms with E-state index in [4.69, 9.17) is 20.5 Å². The van der Waals surface area contributed by atoms with Gasteiger partial charge in [-0.15, -0.1) is 11.6 Å². The lowest BCUT2D eigenvalue weighted by Crippen LogP contribution is -2.43. The zero-order valence-electron chi connectivity index (χ0n) is 17.1. The van der Waals surface area contributed by atoms with Gasteiger partial charge in [0.1, 0.15) is 16.5 Å². The Morgan fingerprint density at radius 1 is 1.10 bits per heavy atom. The molecule has 0 atom stereocenters. The molecule has 0 aliphatic carbocycles. The predicted molar refractivity (Wildman–Crippen MR) is 112 cm³/mol. The van der Waals surface area contributed by atoms with Crippen molar-refractivity contribution in [1.82, 2.24) is 4.90 Å². The zero-order chi connectivity index (χ0) is 22.4. The Labute approximate surface area is 181 Å². The second-order valence-corrected chi connectivity index (χ2v) is 9.19. The van der Waals surface area contributed by atoms with Gasteiger partial charge in [0, 0.05) is 26.1 Å². The lowest BCUT2D eigenvalue weighted by Gasteiger charge is -2.30. The Hall–Kier alpha value is -2.16. The molecule has 2 aromatic rings. The first-order valence-corrected chi connectivity index (χ1v) is 11.2. The van der Waals surface area contributed by atoms with Gasteiger partial charge in [0.2, 0.25) is 5.91 Å². The van der Waals surface area contributed by atoms with E-state index in [9.17, 15) is 17.6 Å². The minimum atomic E-state index is -4.08. The summed E-state index contributed by atoms with van der Waals surface area (Å²) in [4.78, 5) is 14.3. The van der Waals surface area contributed by atoms with Crippen molar-refractivity contribution in [3.05, 3.63) is 59.9 Å². The second-order valence-electron chi connectivity index (χ2n) is 7.37. The fraction of sp³-hybridized carbons (Fsp3) is 0.381. The first kappa shape index (κ1) is 24.1. The van der Waals surface area contributed by atoms with Crippen molar-refractivity contribution in [3.63, 3.8) is 0 Å². The van der Waals surface area contributed by atoms with E-state index in [0.717, 1.165) is 29.8 Å². The molecule has 0 spiro atoms. The highest BCUT2D eigenvalue weighted by atomic mass is 35.5. The van der Waals surface area contributed by atoms with E-state index in [1.54, 1.807) is 38.0 Å². The van der Waals surface area contributed by atoms with Gasteiger partial charge >= 0.3 is 10.1 Å². The molecule has 0 heterocycles. The van der Waals surface area contributed by atoms with E-state index in [2.05, 4.69) is 0 Å². The average molecular weight is 458 g/mol. The molecule has 0 saturated carbocycles. The topological polar surface area (TPSA) is 72.9 Å². The summed E-state index contributed by atoms with van der Waals surface area (Å²) in [5, 5.41) is 0. The average Bonchev–Trinajstić information content (AvgIpc) is 2.72. The van der Waals surface area contributed by atoms with Crippen LogP contribution in [0.1, 0.15) is 19.4 Å². The third-order valence-electron chi connectivity index (χ3n) is 4.37. The fourth-order valence-electron chi connectivity index (χ4n) is 2.59. The molecular formula is C21H25ClFNO5S. The van der Waals surface area contributed by atoms with E-state index in [1.807, 2.05) is 0 Å². The summed E-state index contributed by atoms with van der Waals surface area (Å²) in [7, 11) is -2.52. The van der Waals surface area contributed by atoms with E-state index < -0.39 is 21.4 Å². The molecule has 0 N–H and O–H groups in total. The number of nitrogens with zero attached hydrogens (tertiary/aromatic N) is 1. The molecule has 30 heavy (non-hydrogen) atoms. The van der Waals surface area contributed by atoms with Gasteiger partial charge in [0.25, 0.3) is 0 Å². The summed E-state index contributed by atoms with van der Waals surface area (Å²) >= 11 is 5.94. The van der Waals surface area contributed by atoms with Crippen LogP contribution in [0.4, 0.5) is 4.39 Å². The molecular weight excluding hydrogens is 433 g/mol. The quantitative estimate of drug-likeness (QED) is 0.400. The Morgan fingerprint density at radius 2 is 1.70 bits per heavy atom. The maximum atomic E-state index is 13.0. The molecule has 2 aromatic carbocycles. The standard InChI is InChI=1S/C21H25ClFNO5S/c1-21(2,15-22)20(25)24(12-13-28-3)14-16-4-8-18(9-5-16)29-30(26,27)19-10-6-17(23)7-11-19/h4-11H,12-15H2,1-3H3. The van der Waals surface area contributed by atoms with Crippen molar-refractivity contribution in [2.24, 2.45) is 5.41 Å². The highest BCUT2D eigenvalue weighted by Crippen LogP contribution is 2.24. The molecule has 0 bridgehead atoms. The van der Waals surface area contributed by atoms with Crippen molar-refractivity contribution in [3.8, 4) is 5.75 Å². The van der Waals surface area contributed by atoms with Gasteiger partial charge in [-0.2, -0.15) is 8.42 Å². The Bertz CT molecular complexity index is 946. The SMILES string of the molecule is COCCN(Cc1ccc(OS(=O)(=O)c2ccc(F)cc2)cc1)C(=O)C(C)(C)CCl. The molecule has 0 radical (unpaired) electrons. The van der Waals surface area contributed by atoms with Crippen LogP contribution in [0.15, 0.2) is 53.4 Å². The van der Waals surface area contributed by atoms with Crippen LogP contribution in [-0.2, 0) is 26.2 Å². The van der Waals surface area contributed by atoms with Gasteiger partial charge in [0.05, 0.1) is 12.0 Å². The maximum absolute atomic E-state index is 13.0. The van der Waals surface area contributed by atoms with E-state index in [-0.39, 0.29) is 22.4 Å². The molecule has 2 rings (SSSR count). The zero-order valence-corrected chi connectivity index (χ0v) is 18.7. The van der Waals surface area contributed by atoms with Crippen LogP contribution in [0, 0.1) is 11.2 Å². The number of benzene rings is 2. The molecule has 0 saturated heterocycles. The van der Waals surface area contributed by atoms with Crippen LogP contribution < -0.4 is 4.18 Å². The van der Waals surface area contributed by atoms with Crippen molar-refractivity contribution < 1.29 is 26.5 Å². The number of ether oxygens (including phenoxy) is 1. The molecule has 0 aliphatic rings. The smallest absolute Gasteiger partial charge is 0.339 e. The number of alkyl halides is 1. The fourth-order valence-corrected chi connectivity index (χ4v) is 3.63. The van der Waals surface area contributed by atoms with Crippen LogP contribution in [0.3, 0.4) is 0 Å². The van der Waals surface area contributed by atoms with Crippen LogP contribution in [0.25, 0.3) is 0 Å². The third-order valence-corrected chi connectivity index (χ3v) is 6.30. The van der Waals surface area contributed by atoms with Gasteiger partial charge in [-0.05, 0) is 55.8 Å². The van der Waals surface area contributed by atoms with E-state index in [0.29, 0.717) is 19.7 Å². The van der Waals surface area contributed by atoms with Crippen molar-refractivity contribution in [2.75, 3.05) is 26.1 Å². The van der Waals surface area contributed by atoms with Crippen molar-refractivity contribution in [2.45, 2.75) is 25.3 Å². The molecule has 0 fully saturated rings. The number of halogens is 2. The lowest BCUT2D eigenvalue weighted by molar-refractivity contribution is -0.140. The summed E-state index contributed by atoms with van der Waals surface area (Å²) in [5.41, 5.74) is 0.0676. The largest absolute Gasteiger partial charge is 0.383 e. The number of carbonyl (C=O) groups excluding carboxylic acids is 1. The molecule has 6 nitrogen and oxygen atoms in total. The lowest BCUT2D eigenvalue weighted by atomic mass is 9.94. The van der Waals surface area contributed by atoms with Gasteiger partial charge in [-0.25, -0.2) is 4.39 Å². The number of rotatable bonds is 10. The number of methoxy groups -OCH3 is 1. The molecule has 1 amide bonds. The summed E-state index contributed by atoms with van der Waals surface area (Å²) < 4.78 is 47.8.